The minimum atomic E-state index is -0.504. The number of pyridine rings is 1. The number of rotatable bonds is 3. The quantitative estimate of drug-likeness (QED) is 0.484. The minimum absolute atomic E-state index is 0.384. The molecule has 152 valence electrons. The number of nitrogens with one attached hydrogen (secondary N) is 1. The predicted octanol–water partition coefficient (Wildman–Crippen LogP) is 4.21. The number of ether oxygens (including phenoxy) is 1. The molecular weight excluding hydrogens is 390 g/mol. The molecule has 0 radical (unpaired) electrons. The lowest BCUT2D eigenvalue weighted by Crippen LogP contribution is -2.33. The van der Waals surface area contributed by atoms with E-state index in [4.69, 9.17) is 4.74 Å². The standard InChI is InChI=1S/C25H19N3O3/c1-15-7-9-18(31-2)12-21(15)16-8-10-20-22(11-16)27-25(30)28(24(20)29)23-14-26-13-17-5-3-4-6-19(17)23/h3-14H,1-2H3,(H,27,30). The molecule has 0 aliphatic carbocycles. The average Bonchev–Trinajstić information content (AvgIpc) is 2.79. The Morgan fingerprint density at radius 1 is 0.935 bits per heavy atom. The van der Waals surface area contributed by atoms with Gasteiger partial charge in [-0.05, 0) is 47.9 Å². The fourth-order valence-electron chi connectivity index (χ4n) is 3.92. The molecule has 0 atom stereocenters. The zero-order valence-electron chi connectivity index (χ0n) is 17.0. The molecule has 0 bridgehead atoms. The summed E-state index contributed by atoms with van der Waals surface area (Å²) in [7, 11) is 1.62. The van der Waals surface area contributed by atoms with Crippen molar-refractivity contribution in [2.24, 2.45) is 0 Å². The van der Waals surface area contributed by atoms with Crippen LogP contribution in [-0.2, 0) is 0 Å². The molecule has 0 saturated heterocycles. The normalized spacial score (nSPS) is 11.2. The minimum Gasteiger partial charge on any atom is -0.497 e. The summed E-state index contributed by atoms with van der Waals surface area (Å²) < 4.78 is 6.49. The number of fused-ring (bicyclic) bond motifs is 2. The van der Waals surface area contributed by atoms with E-state index in [9.17, 15) is 9.59 Å². The van der Waals surface area contributed by atoms with Crippen LogP contribution in [0.1, 0.15) is 5.56 Å². The number of hydrogen-bond acceptors (Lipinski definition) is 4. The van der Waals surface area contributed by atoms with Crippen LogP contribution in [0.15, 0.2) is 82.6 Å². The first-order valence-corrected chi connectivity index (χ1v) is 9.84. The Kier molecular flexibility index (Phi) is 4.40. The van der Waals surface area contributed by atoms with Crippen molar-refractivity contribution in [1.82, 2.24) is 14.5 Å². The van der Waals surface area contributed by atoms with E-state index in [1.807, 2.05) is 61.5 Å². The third-order valence-corrected chi connectivity index (χ3v) is 5.54. The Labute approximate surface area is 177 Å². The Balaban J connectivity index is 1.74. The lowest BCUT2D eigenvalue weighted by atomic mass is 9.99. The van der Waals surface area contributed by atoms with Gasteiger partial charge in [0.1, 0.15) is 5.75 Å². The molecule has 2 aromatic heterocycles. The van der Waals surface area contributed by atoms with Crippen molar-refractivity contribution in [2.75, 3.05) is 7.11 Å². The van der Waals surface area contributed by atoms with E-state index < -0.39 is 5.69 Å². The lowest BCUT2D eigenvalue weighted by Gasteiger charge is -2.11. The molecule has 3 aromatic carbocycles. The Hall–Kier alpha value is -4.19. The second-order valence-electron chi connectivity index (χ2n) is 7.39. The molecule has 5 rings (SSSR count). The van der Waals surface area contributed by atoms with Gasteiger partial charge in [-0.15, -0.1) is 0 Å². The SMILES string of the molecule is COc1ccc(C)c(-c2ccc3c(=O)n(-c4cncc5ccccc45)c(=O)[nH]c3c2)c1. The summed E-state index contributed by atoms with van der Waals surface area (Å²) in [6, 6.07) is 18.8. The van der Waals surface area contributed by atoms with Crippen LogP contribution in [0.2, 0.25) is 0 Å². The fourth-order valence-corrected chi connectivity index (χ4v) is 3.92. The van der Waals surface area contributed by atoms with Crippen LogP contribution in [-0.4, -0.2) is 21.6 Å². The third kappa shape index (κ3) is 3.09. The van der Waals surface area contributed by atoms with Crippen LogP contribution in [0, 0.1) is 6.92 Å². The molecule has 0 unspecified atom stereocenters. The first-order chi connectivity index (χ1) is 15.1. The van der Waals surface area contributed by atoms with Crippen LogP contribution in [0.4, 0.5) is 0 Å². The highest BCUT2D eigenvalue weighted by Crippen LogP contribution is 2.29. The van der Waals surface area contributed by atoms with Crippen molar-refractivity contribution >= 4 is 21.7 Å². The molecule has 2 heterocycles. The Bertz CT molecular complexity index is 1580. The zero-order chi connectivity index (χ0) is 21.5. The van der Waals surface area contributed by atoms with Gasteiger partial charge in [0.15, 0.2) is 0 Å². The van der Waals surface area contributed by atoms with E-state index in [-0.39, 0.29) is 5.56 Å². The highest BCUT2D eigenvalue weighted by Gasteiger charge is 2.14. The van der Waals surface area contributed by atoms with Gasteiger partial charge in [-0.25, -0.2) is 9.36 Å². The molecule has 6 nitrogen and oxygen atoms in total. The van der Waals surface area contributed by atoms with Crippen molar-refractivity contribution < 1.29 is 4.74 Å². The van der Waals surface area contributed by atoms with E-state index in [2.05, 4.69) is 9.97 Å². The molecule has 0 fully saturated rings. The maximum Gasteiger partial charge on any atom is 0.333 e. The topological polar surface area (TPSA) is 77.0 Å². The second kappa shape index (κ2) is 7.25. The molecule has 0 aliphatic rings. The van der Waals surface area contributed by atoms with Crippen molar-refractivity contribution in [1.29, 1.82) is 0 Å². The highest BCUT2D eigenvalue weighted by atomic mass is 16.5. The van der Waals surface area contributed by atoms with Crippen LogP contribution in [0.25, 0.3) is 38.5 Å². The number of benzene rings is 3. The first-order valence-electron chi connectivity index (χ1n) is 9.84. The van der Waals surface area contributed by atoms with Crippen LogP contribution in [0.5, 0.6) is 5.75 Å². The monoisotopic (exact) mass is 409 g/mol. The number of hydrogen-bond donors (Lipinski definition) is 1. The predicted molar refractivity (Wildman–Crippen MR) is 122 cm³/mol. The largest absolute Gasteiger partial charge is 0.497 e. The van der Waals surface area contributed by atoms with Gasteiger partial charge in [0.25, 0.3) is 5.56 Å². The van der Waals surface area contributed by atoms with Crippen LogP contribution in [0.3, 0.4) is 0 Å². The number of H-pyrrole nitrogens is 1. The number of aromatic nitrogens is 3. The van der Waals surface area contributed by atoms with Crippen LogP contribution >= 0.6 is 0 Å². The van der Waals surface area contributed by atoms with E-state index in [1.165, 1.54) is 0 Å². The summed E-state index contributed by atoms with van der Waals surface area (Å²) in [5.41, 5.74) is 2.99. The number of methoxy groups -OCH3 is 1. The Morgan fingerprint density at radius 3 is 2.61 bits per heavy atom. The second-order valence-corrected chi connectivity index (χ2v) is 7.39. The van der Waals surface area contributed by atoms with Crippen molar-refractivity contribution in [3.63, 3.8) is 0 Å². The average molecular weight is 409 g/mol. The molecule has 0 spiro atoms. The van der Waals surface area contributed by atoms with Crippen molar-refractivity contribution in [3.8, 4) is 22.6 Å². The summed E-state index contributed by atoms with van der Waals surface area (Å²) in [6.45, 7) is 2.01. The Morgan fingerprint density at radius 2 is 1.77 bits per heavy atom. The maximum absolute atomic E-state index is 13.3. The van der Waals surface area contributed by atoms with E-state index in [0.717, 1.165) is 37.8 Å². The van der Waals surface area contributed by atoms with Gasteiger partial charge in [-0.1, -0.05) is 36.4 Å². The van der Waals surface area contributed by atoms with Gasteiger partial charge in [0.2, 0.25) is 0 Å². The van der Waals surface area contributed by atoms with E-state index >= 15 is 0 Å². The van der Waals surface area contributed by atoms with Gasteiger partial charge in [0, 0.05) is 17.0 Å². The van der Waals surface area contributed by atoms with Crippen molar-refractivity contribution in [3.05, 3.63) is 99.5 Å². The maximum atomic E-state index is 13.3. The summed E-state index contributed by atoms with van der Waals surface area (Å²) in [6.07, 6.45) is 3.25. The summed E-state index contributed by atoms with van der Waals surface area (Å²) in [5, 5.41) is 2.07. The van der Waals surface area contributed by atoms with Crippen molar-refractivity contribution in [2.45, 2.75) is 6.92 Å². The van der Waals surface area contributed by atoms with Gasteiger partial charge in [-0.2, -0.15) is 0 Å². The smallest absolute Gasteiger partial charge is 0.333 e. The first kappa shape index (κ1) is 18.8. The van der Waals surface area contributed by atoms with E-state index in [0.29, 0.717) is 16.6 Å². The molecule has 0 amide bonds. The van der Waals surface area contributed by atoms with Gasteiger partial charge >= 0.3 is 5.69 Å². The summed E-state index contributed by atoms with van der Waals surface area (Å²) in [4.78, 5) is 33.4. The molecule has 0 saturated carbocycles. The zero-order valence-corrected chi connectivity index (χ0v) is 17.0. The molecule has 0 aliphatic heterocycles. The van der Waals surface area contributed by atoms with Gasteiger partial charge in [-0.3, -0.25) is 9.78 Å². The molecule has 31 heavy (non-hydrogen) atoms. The number of aryl methyl sites for hydroxylation is 1. The lowest BCUT2D eigenvalue weighted by molar-refractivity contribution is 0.415. The third-order valence-electron chi connectivity index (χ3n) is 5.54. The summed E-state index contributed by atoms with van der Waals surface area (Å²) in [5.74, 6) is 0.744. The molecular formula is C25H19N3O3. The van der Waals surface area contributed by atoms with Gasteiger partial charge < -0.3 is 9.72 Å². The fraction of sp³-hybridized carbons (Fsp3) is 0.0800. The molecule has 6 heteroatoms. The van der Waals surface area contributed by atoms with Gasteiger partial charge in [0.05, 0.1) is 29.9 Å². The van der Waals surface area contributed by atoms with E-state index in [1.54, 1.807) is 25.6 Å². The molecule has 5 aromatic rings. The van der Waals surface area contributed by atoms with Crippen LogP contribution < -0.4 is 16.0 Å². The highest BCUT2D eigenvalue weighted by molar-refractivity contribution is 5.90. The number of aromatic amines is 1. The number of nitrogens with zero attached hydrogens (tertiary/aromatic N) is 2. The molecule has 1 N–H and O–H groups in total. The summed E-state index contributed by atoms with van der Waals surface area (Å²) >= 11 is 0.